The van der Waals surface area contributed by atoms with Crippen molar-refractivity contribution in [2.75, 3.05) is 32.1 Å². The Hall–Kier alpha value is -1.46. The van der Waals surface area contributed by atoms with Crippen molar-refractivity contribution in [3.05, 3.63) is 23.2 Å². The minimum atomic E-state index is -0.167. The van der Waals surface area contributed by atoms with Crippen molar-refractivity contribution in [1.82, 2.24) is 4.90 Å². The molecule has 1 heterocycles. The first-order valence-corrected chi connectivity index (χ1v) is 7.53. The molecule has 0 bridgehead atoms. The second-order valence-electron chi connectivity index (χ2n) is 4.95. The van der Waals surface area contributed by atoms with Crippen molar-refractivity contribution in [1.29, 1.82) is 0 Å². The van der Waals surface area contributed by atoms with Gasteiger partial charge in [0.1, 0.15) is 5.75 Å². The smallest absolute Gasteiger partial charge is 0.321 e. The number of rotatable bonds is 5. The number of carbonyl (C=O) groups excluding carboxylic acids is 1. The number of benzene rings is 1. The third kappa shape index (κ3) is 4.25. The number of methoxy groups -OCH3 is 1. The van der Waals surface area contributed by atoms with Gasteiger partial charge in [0.25, 0.3) is 0 Å². The second kappa shape index (κ2) is 7.52. The fourth-order valence-corrected chi connectivity index (χ4v) is 2.53. The molecule has 1 N–H and O–H groups in total. The van der Waals surface area contributed by atoms with Crippen molar-refractivity contribution in [3.63, 3.8) is 0 Å². The summed E-state index contributed by atoms with van der Waals surface area (Å²) in [6.07, 6.45) is 2.21. The van der Waals surface area contributed by atoms with Crippen LogP contribution in [0.25, 0.3) is 0 Å². The lowest BCUT2D eigenvalue weighted by molar-refractivity contribution is 0.0849. The maximum Gasteiger partial charge on any atom is 0.321 e. The molecule has 21 heavy (non-hydrogen) atoms. The van der Waals surface area contributed by atoms with Crippen LogP contribution in [0.3, 0.4) is 0 Å². The Morgan fingerprint density at radius 3 is 2.95 bits per heavy atom. The molecule has 6 heteroatoms. The van der Waals surface area contributed by atoms with E-state index >= 15 is 0 Å². The SMILES string of the molecule is CCN(C[C@@H]1CCCO1)C(=O)Nc1ccc(OC)cc1Cl. The highest BCUT2D eigenvalue weighted by Crippen LogP contribution is 2.27. The molecule has 1 aromatic carbocycles. The molecule has 0 spiro atoms. The van der Waals surface area contributed by atoms with Gasteiger partial charge in [-0.25, -0.2) is 4.79 Å². The Kier molecular flexibility index (Phi) is 5.70. The van der Waals surface area contributed by atoms with Crippen LogP contribution in [0.5, 0.6) is 5.75 Å². The molecule has 0 saturated carbocycles. The third-order valence-corrected chi connectivity index (χ3v) is 3.85. The topological polar surface area (TPSA) is 50.8 Å². The average molecular weight is 313 g/mol. The predicted molar refractivity (Wildman–Crippen MR) is 83.2 cm³/mol. The summed E-state index contributed by atoms with van der Waals surface area (Å²) in [5, 5.41) is 3.28. The van der Waals surface area contributed by atoms with Crippen LogP contribution in [-0.4, -0.2) is 43.8 Å². The summed E-state index contributed by atoms with van der Waals surface area (Å²) >= 11 is 6.13. The van der Waals surface area contributed by atoms with Gasteiger partial charge in [0, 0.05) is 25.8 Å². The molecule has 1 saturated heterocycles. The fourth-order valence-electron chi connectivity index (χ4n) is 2.31. The minimum absolute atomic E-state index is 0.141. The van der Waals surface area contributed by atoms with Crippen molar-refractivity contribution in [2.24, 2.45) is 0 Å². The van der Waals surface area contributed by atoms with E-state index in [2.05, 4.69) is 5.32 Å². The van der Waals surface area contributed by atoms with E-state index < -0.39 is 0 Å². The molecule has 0 unspecified atom stereocenters. The number of likely N-dealkylation sites (N-methyl/N-ethyl adjacent to an activating group) is 1. The number of nitrogens with one attached hydrogen (secondary N) is 1. The number of urea groups is 1. The van der Waals surface area contributed by atoms with Crippen molar-refractivity contribution >= 4 is 23.3 Å². The van der Waals surface area contributed by atoms with Gasteiger partial charge in [0.15, 0.2) is 0 Å². The maximum atomic E-state index is 12.3. The highest BCUT2D eigenvalue weighted by atomic mass is 35.5. The summed E-state index contributed by atoms with van der Waals surface area (Å²) in [5.41, 5.74) is 0.577. The van der Waals surface area contributed by atoms with Gasteiger partial charge in [-0.05, 0) is 31.9 Å². The summed E-state index contributed by atoms with van der Waals surface area (Å²) in [5.74, 6) is 0.657. The number of hydrogen-bond acceptors (Lipinski definition) is 3. The lowest BCUT2D eigenvalue weighted by Gasteiger charge is -2.24. The summed E-state index contributed by atoms with van der Waals surface area (Å²) in [6.45, 7) is 3.97. The summed E-state index contributed by atoms with van der Waals surface area (Å²) in [4.78, 5) is 14.0. The van der Waals surface area contributed by atoms with Gasteiger partial charge >= 0.3 is 6.03 Å². The Morgan fingerprint density at radius 2 is 2.38 bits per heavy atom. The molecule has 1 aliphatic heterocycles. The number of nitrogens with zero attached hydrogens (tertiary/aromatic N) is 1. The molecule has 1 fully saturated rings. The van der Waals surface area contributed by atoms with Crippen molar-refractivity contribution in [3.8, 4) is 5.75 Å². The third-order valence-electron chi connectivity index (χ3n) is 3.53. The van der Waals surface area contributed by atoms with Gasteiger partial charge in [0.2, 0.25) is 0 Å². The summed E-state index contributed by atoms with van der Waals surface area (Å²) < 4.78 is 10.7. The first-order chi connectivity index (χ1) is 10.1. The van der Waals surface area contributed by atoms with E-state index in [1.165, 1.54) is 0 Å². The molecule has 0 aromatic heterocycles. The highest BCUT2D eigenvalue weighted by Gasteiger charge is 2.22. The summed E-state index contributed by atoms with van der Waals surface area (Å²) in [6, 6.07) is 5.00. The standard InChI is InChI=1S/C15H21ClN2O3/c1-3-18(10-12-5-4-8-21-12)15(19)17-14-7-6-11(20-2)9-13(14)16/h6-7,9,12H,3-5,8,10H2,1-2H3,(H,17,19)/t12-/m0/s1. The average Bonchev–Trinajstić information content (AvgIpc) is 2.99. The van der Waals surface area contributed by atoms with Gasteiger partial charge in [-0.2, -0.15) is 0 Å². The van der Waals surface area contributed by atoms with E-state index in [0.29, 0.717) is 29.5 Å². The van der Waals surface area contributed by atoms with Gasteiger partial charge in [-0.15, -0.1) is 0 Å². The van der Waals surface area contributed by atoms with Crippen LogP contribution in [-0.2, 0) is 4.74 Å². The highest BCUT2D eigenvalue weighted by molar-refractivity contribution is 6.33. The Morgan fingerprint density at radius 1 is 1.57 bits per heavy atom. The molecule has 0 aliphatic carbocycles. The van der Waals surface area contributed by atoms with Crippen LogP contribution in [0.1, 0.15) is 19.8 Å². The zero-order valence-corrected chi connectivity index (χ0v) is 13.2. The lowest BCUT2D eigenvalue weighted by atomic mass is 10.2. The van der Waals surface area contributed by atoms with E-state index in [0.717, 1.165) is 19.4 Å². The monoisotopic (exact) mass is 312 g/mol. The molecule has 2 rings (SSSR count). The molecule has 116 valence electrons. The van der Waals surface area contributed by atoms with Crippen LogP contribution >= 0.6 is 11.6 Å². The van der Waals surface area contributed by atoms with Gasteiger partial charge in [-0.1, -0.05) is 11.6 Å². The molecule has 1 aromatic rings. The quantitative estimate of drug-likeness (QED) is 0.906. The number of hydrogen-bond donors (Lipinski definition) is 1. The van der Waals surface area contributed by atoms with Crippen LogP contribution < -0.4 is 10.1 Å². The zero-order valence-electron chi connectivity index (χ0n) is 12.4. The Bertz CT molecular complexity index is 490. The van der Waals surface area contributed by atoms with Gasteiger partial charge in [0.05, 0.1) is 23.9 Å². The molecule has 5 nitrogen and oxygen atoms in total. The normalized spacial score (nSPS) is 17.6. The molecule has 2 amide bonds. The maximum absolute atomic E-state index is 12.3. The largest absolute Gasteiger partial charge is 0.497 e. The zero-order chi connectivity index (χ0) is 15.2. The van der Waals surface area contributed by atoms with E-state index in [9.17, 15) is 4.79 Å². The van der Waals surface area contributed by atoms with Crippen molar-refractivity contribution < 1.29 is 14.3 Å². The lowest BCUT2D eigenvalue weighted by Crippen LogP contribution is -2.40. The van der Waals surface area contributed by atoms with E-state index in [1.54, 1.807) is 30.2 Å². The van der Waals surface area contributed by atoms with Crippen LogP contribution in [0.2, 0.25) is 5.02 Å². The summed E-state index contributed by atoms with van der Waals surface area (Å²) in [7, 11) is 1.57. The van der Waals surface area contributed by atoms with E-state index in [-0.39, 0.29) is 12.1 Å². The predicted octanol–water partition coefficient (Wildman–Crippen LogP) is 3.38. The van der Waals surface area contributed by atoms with E-state index in [1.807, 2.05) is 6.92 Å². The molecular formula is C15H21ClN2O3. The second-order valence-corrected chi connectivity index (χ2v) is 5.36. The molecular weight excluding hydrogens is 292 g/mol. The Labute approximate surface area is 130 Å². The van der Waals surface area contributed by atoms with Crippen LogP contribution in [0, 0.1) is 0 Å². The number of carbonyl (C=O) groups is 1. The number of amides is 2. The van der Waals surface area contributed by atoms with E-state index in [4.69, 9.17) is 21.1 Å². The number of anilines is 1. The molecule has 1 aliphatic rings. The molecule has 0 radical (unpaired) electrons. The van der Waals surface area contributed by atoms with Crippen LogP contribution in [0.15, 0.2) is 18.2 Å². The fraction of sp³-hybridized carbons (Fsp3) is 0.533. The van der Waals surface area contributed by atoms with Crippen molar-refractivity contribution in [2.45, 2.75) is 25.9 Å². The minimum Gasteiger partial charge on any atom is -0.497 e. The van der Waals surface area contributed by atoms with Gasteiger partial charge < -0.3 is 19.7 Å². The van der Waals surface area contributed by atoms with Gasteiger partial charge in [-0.3, -0.25) is 0 Å². The number of ether oxygens (including phenoxy) is 2. The molecule has 1 atom stereocenters. The number of halogens is 1. The van der Waals surface area contributed by atoms with Crippen LogP contribution in [0.4, 0.5) is 10.5 Å². The Balaban J connectivity index is 1.98. The first kappa shape index (κ1) is 15.9. The first-order valence-electron chi connectivity index (χ1n) is 7.15.